The monoisotopic (exact) mass is 317 g/mol. The standard InChI is InChI=1S/C19H31N3O/c1-7-15(17(20-6)22-19(5)10-11-19)16(12(2)3)18(23)21-13(4)14-8-9-14/h13-14,22H,6-11H2,1-5H3,(H,21,23)/b17-15-. The van der Waals surface area contributed by atoms with E-state index in [9.17, 15) is 4.79 Å². The number of hydrogen-bond acceptors (Lipinski definition) is 3. The van der Waals surface area contributed by atoms with Crippen molar-refractivity contribution in [1.82, 2.24) is 10.6 Å². The zero-order valence-electron chi connectivity index (χ0n) is 15.3. The highest BCUT2D eigenvalue weighted by Gasteiger charge is 2.38. The van der Waals surface area contributed by atoms with Gasteiger partial charge in [0, 0.05) is 22.7 Å². The van der Waals surface area contributed by atoms with E-state index in [1.807, 2.05) is 13.8 Å². The quantitative estimate of drug-likeness (QED) is 0.407. The molecule has 4 nitrogen and oxygen atoms in total. The molecule has 2 rings (SSSR count). The fraction of sp³-hybridized carbons (Fsp3) is 0.684. The number of carbonyl (C=O) groups excluding carboxylic acids is 1. The van der Waals surface area contributed by atoms with Crippen LogP contribution in [0.5, 0.6) is 0 Å². The maximum absolute atomic E-state index is 12.8. The van der Waals surface area contributed by atoms with Crippen molar-refractivity contribution in [3.8, 4) is 0 Å². The summed E-state index contributed by atoms with van der Waals surface area (Å²) in [4.78, 5) is 17.0. The van der Waals surface area contributed by atoms with Gasteiger partial charge in [0.25, 0.3) is 5.91 Å². The lowest BCUT2D eigenvalue weighted by atomic mass is 9.97. The predicted octanol–water partition coefficient (Wildman–Crippen LogP) is 3.70. The zero-order valence-corrected chi connectivity index (χ0v) is 15.3. The molecule has 0 bridgehead atoms. The van der Waals surface area contributed by atoms with E-state index in [0.29, 0.717) is 5.92 Å². The van der Waals surface area contributed by atoms with E-state index < -0.39 is 0 Å². The molecule has 0 aromatic carbocycles. The van der Waals surface area contributed by atoms with Crippen LogP contribution in [0, 0.1) is 5.92 Å². The summed E-state index contributed by atoms with van der Waals surface area (Å²) in [5.41, 5.74) is 2.86. The summed E-state index contributed by atoms with van der Waals surface area (Å²) in [7, 11) is 0. The van der Waals surface area contributed by atoms with Gasteiger partial charge >= 0.3 is 0 Å². The van der Waals surface area contributed by atoms with Crippen LogP contribution in [-0.4, -0.2) is 24.2 Å². The summed E-state index contributed by atoms with van der Waals surface area (Å²) in [5, 5.41) is 6.66. The Morgan fingerprint density at radius 2 is 1.96 bits per heavy atom. The summed E-state index contributed by atoms with van der Waals surface area (Å²) in [5.74, 6) is 1.43. The van der Waals surface area contributed by atoms with Crippen molar-refractivity contribution in [1.29, 1.82) is 0 Å². The number of amides is 1. The van der Waals surface area contributed by atoms with Crippen LogP contribution in [0.4, 0.5) is 0 Å². The van der Waals surface area contributed by atoms with Crippen LogP contribution < -0.4 is 10.6 Å². The Morgan fingerprint density at radius 3 is 2.35 bits per heavy atom. The second kappa shape index (κ2) is 6.90. The first-order chi connectivity index (χ1) is 10.8. The first kappa shape index (κ1) is 17.8. The zero-order chi connectivity index (χ0) is 17.2. The lowest BCUT2D eigenvalue weighted by Crippen LogP contribution is -2.36. The van der Waals surface area contributed by atoms with Gasteiger partial charge in [-0.3, -0.25) is 4.79 Å². The van der Waals surface area contributed by atoms with Gasteiger partial charge in [-0.1, -0.05) is 12.5 Å². The van der Waals surface area contributed by atoms with E-state index in [0.717, 1.165) is 41.8 Å². The number of nitrogens with zero attached hydrogens (tertiary/aromatic N) is 1. The third-order valence-electron chi connectivity index (χ3n) is 4.93. The minimum absolute atomic E-state index is 0.0187. The summed E-state index contributed by atoms with van der Waals surface area (Å²) in [6, 6.07) is 0.240. The first-order valence-electron chi connectivity index (χ1n) is 8.78. The van der Waals surface area contributed by atoms with Gasteiger partial charge in [0.1, 0.15) is 5.82 Å². The molecule has 0 aromatic rings. The van der Waals surface area contributed by atoms with Crippen LogP contribution in [0.25, 0.3) is 0 Å². The molecule has 1 unspecified atom stereocenters. The van der Waals surface area contributed by atoms with Crippen molar-refractivity contribution in [2.24, 2.45) is 10.9 Å². The van der Waals surface area contributed by atoms with Crippen molar-refractivity contribution in [3.63, 3.8) is 0 Å². The van der Waals surface area contributed by atoms with Crippen LogP contribution >= 0.6 is 0 Å². The molecule has 4 heteroatoms. The SMILES string of the molecule is C=N/C(NC1(C)CC1)=C(\CC)C(C(=O)NC(C)C1CC1)=C(C)C. The molecular formula is C19H31N3O. The van der Waals surface area contributed by atoms with Crippen molar-refractivity contribution in [2.75, 3.05) is 0 Å². The second-order valence-electron chi connectivity index (χ2n) is 7.50. The minimum atomic E-state index is 0.0187. The van der Waals surface area contributed by atoms with E-state index in [-0.39, 0.29) is 17.5 Å². The molecule has 2 saturated carbocycles. The highest BCUT2D eigenvalue weighted by atomic mass is 16.1. The highest BCUT2D eigenvalue weighted by Crippen LogP contribution is 2.37. The molecule has 0 saturated heterocycles. The minimum Gasteiger partial charge on any atom is -0.365 e. The van der Waals surface area contributed by atoms with Crippen LogP contribution in [0.1, 0.15) is 66.7 Å². The van der Waals surface area contributed by atoms with Crippen LogP contribution in [0.15, 0.2) is 27.5 Å². The molecule has 1 amide bonds. The molecule has 2 aliphatic rings. The molecular weight excluding hydrogens is 286 g/mol. The van der Waals surface area contributed by atoms with Crippen molar-refractivity contribution in [3.05, 3.63) is 22.5 Å². The fourth-order valence-electron chi connectivity index (χ4n) is 2.93. The Labute approximate surface area is 140 Å². The number of carbonyl (C=O) groups is 1. The Kier molecular flexibility index (Phi) is 5.33. The highest BCUT2D eigenvalue weighted by molar-refractivity contribution is 5.98. The molecule has 0 heterocycles. The van der Waals surface area contributed by atoms with E-state index in [2.05, 4.69) is 43.1 Å². The smallest absolute Gasteiger partial charge is 0.251 e. The van der Waals surface area contributed by atoms with Gasteiger partial charge in [0.05, 0.1) is 0 Å². The molecule has 0 spiro atoms. The predicted molar refractivity (Wildman–Crippen MR) is 96.3 cm³/mol. The Hall–Kier alpha value is -1.58. The molecule has 2 aliphatic carbocycles. The topological polar surface area (TPSA) is 53.5 Å². The number of nitrogens with one attached hydrogen (secondary N) is 2. The molecule has 0 aromatic heterocycles. The number of rotatable bonds is 8. The molecule has 2 N–H and O–H groups in total. The lowest BCUT2D eigenvalue weighted by molar-refractivity contribution is -0.118. The number of hydrogen-bond donors (Lipinski definition) is 2. The van der Waals surface area contributed by atoms with Gasteiger partial charge in [0.15, 0.2) is 0 Å². The molecule has 1 atom stereocenters. The third-order valence-corrected chi connectivity index (χ3v) is 4.93. The largest absolute Gasteiger partial charge is 0.365 e. The Bertz CT molecular complexity index is 547. The summed E-state index contributed by atoms with van der Waals surface area (Å²) >= 11 is 0. The number of allylic oxidation sites excluding steroid dienone is 1. The van der Waals surface area contributed by atoms with Crippen LogP contribution in [0.3, 0.4) is 0 Å². The lowest BCUT2D eigenvalue weighted by Gasteiger charge is -2.21. The maximum atomic E-state index is 12.8. The van der Waals surface area contributed by atoms with Gasteiger partial charge in [0.2, 0.25) is 0 Å². The van der Waals surface area contributed by atoms with E-state index in [1.54, 1.807) is 0 Å². The average molecular weight is 317 g/mol. The number of aliphatic imine (C=N–C) groups is 1. The van der Waals surface area contributed by atoms with E-state index >= 15 is 0 Å². The molecule has 23 heavy (non-hydrogen) atoms. The maximum Gasteiger partial charge on any atom is 0.251 e. The van der Waals surface area contributed by atoms with E-state index in [1.165, 1.54) is 12.8 Å². The Balaban J connectivity index is 2.26. The molecule has 0 aliphatic heterocycles. The van der Waals surface area contributed by atoms with Crippen molar-refractivity contribution < 1.29 is 4.79 Å². The van der Waals surface area contributed by atoms with Gasteiger partial charge < -0.3 is 10.6 Å². The molecule has 128 valence electrons. The summed E-state index contributed by atoms with van der Waals surface area (Å²) in [6.45, 7) is 14.1. The third kappa shape index (κ3) is 4.46. The molecule has 0 radical (unpaired) electrons. The van der Waals surface area contributed by atoms with Crippen LogP contribution in [0.2, 0.25) is 0 Å². The first-order valence-corrected chi connectivity index (χ1v) is 8.78. The van der Waals surface area contributed by atoms with Gasteiger partial charge in [-0.25, -0.2) is 4.99 Å². The second-order valence-corrected chi connectivity index (χ2v) is 7.50. The average Bonchev–Trinajstić information content (AvgIpc) is 3.38. The van der Waals surface area contributed by atoms with Crippen molar-refractivity contribution in [2.45, 2.75) is 78.3 Å². The molecule has 2 fully saturated rings. The van der Waals surface area contributed by atoms with Crippen molar-refractivity contribution >= 4 is 12.6 Å². The normalized spacial score (nSPS) is 20.9. The summed E-state index contributed by atoms with van der Waals surface area (Å²) in [6.07, 6.45) is 5.47. The van der Waals surface area contributed by atoms with Gasteiger partial charge in [-0.05, 0) is 72.4 Å². The van der Waals surface area contributed by atoms with Gasteiger partial charge in [-0.2, -0.15) is 0 Å². The van der Waals surface area contributed by atoms with E-state index in [4.69, 9.17) is 0 Å². The van der Waals surface area contributed by atoms with Crippen LogP contribution in [-0.2, 0) is 4.79 Å². The fourth-order valence-corrected chi connectivity index (χ4v) is 2.93. The summed E-state index contributed by atoms with van der Waals surface area (Å²) < 4.78 is 0. The van der Waals surface area contributed by atoms with Gasteiger partial charge in [-0.15, -0.1) is 0 Å². The Morgan fingerprint density at radius 1 is 1.35 bits per heavy atom.